The van der Waals surface area contributed by atoms with Crippen LogP contribution in [0.2, 0.25) is 0 Å². The van der Waals surface area contributed by atoms with Gasteiger partial charge in [-0.25, -0.2) is 4.68 Å². The van der Waals surface area contributed by atoms with Crippen molar-refractivity contribution in [3.8, 4) is 0 Å². The predicted molar refractivity (Wildman–Crippen MR) is 87.4 cm³/mol. The molecule has 0 unspecified atom stereocenters. The first kappa shape index (κ1) is 14.0. The normalized spacial score (nSPS) is 14.7. The molecule has 1 saturated carbocycles. The molecule has 0 spiro atoms. The zero-order valence-electron chi connectivity index (χ0n) is 13.1. The molecule has 21 heavy (non-hydrogen) atoms. The zero-order chi connectivity index (χ0) is 15.0. The molecule has 0 bridgehead atoms. The SMILES string of the molecule is Cc1nn(C(C)C)c(N(Cc2ccccc2)C2CC2)c1N. The van der Waals surface area contributed by atoms with Gasteiger partial charge in [0.05, 0.1) is 11.4 Å². The summed E-state index contributed by atoms with van der Waals surface area (Å²) in [5.74, 6) is 1.09. The van der Waals surface area contributed by atoms with Crippen molar-refractivity contribution in [1.29, 1.82) is 0 Å². The summed E-state index contributed by atoms with van der Waals surface area (Å²) in [7, 11) is 0. The zero-order valence-corrected chi connectivity index (χ0v) is 13.1. The van der Waals surface area contributed by atoms with Gasteiger partial charge in [0.15, 0.2) is 5.82 Å². The third-order valence-corrected chi connectivity index (χ3v) is 4.05. The van der Waals surface area contributed by atoms with Crippen LogP contribution in [0.1, 0.15) is 44.0 Å². The highest BCUT2D eigenvalue weighted by Gasteiger charge is 2.33. The van der Waals surface area contributed by atoms with E-state index in [1.54, 1.807) is 0 Å². The first-order valence-electron chi connectivity index (χ1n) is 7.73. The average Bonchev–Trinajstić information content (AvgIpc) is 3.26. The van der Waals surface area contributed by atoms with E-state index in [1.165, 1.54) is 18.4 Å². The molecule has 0 saturated heterocycles. The lowest BCUT2D eigenvalue weighted by atomic mass is 10.2. The number of aryl methyl sites for hydroxylation is 1. The fraction of sp³-hybridized carbons (Fsp3) is 0.471. The average molecular weight is 284 g/mol. The number of nitrogens with two attached hydrogens (primary N) is 1. The molecule has 1 aliphatic carbocycles. The summed E-state index contributed by atoms with van der Waals surface area (Å²) in [6.07, 6.45) is 2.49. The maximum atomic E-state index is 6.34. The van der Waals surface area contributed by atoms with Gasteiger partial charge in [-0.1, -0.05) is 30.3 Å². The largest absolute Gasteiger partial charge is 0.394 e. The highest BCUT2D eigenvalue weighted by atomic mass is 15.4. The third-order valence-electron chi connectivity index (χ3n) is 4.05. The standard InChI is InChI=1S/C17H24N4/c1-12(2)21-17(16(18)13(3)19-21)20(15-9-10-15)11-14-7-5-4-6-8-14/h4-8,12,15H,9-11,18H2,1-3H3. The molecule has 2 aromatic rings. The van der Waals surface area contributed by atoms with Crippen LogP contribution in [0.4, 0.5) is 11.5 Å². The molecule has 3 rings (SSSR count). The van der Waals surface area contributed by atoms with Crippen LogP contribution < -0.4 is 10.6 Å². The number of hydrogen-bond acceptors (Lipinski definition) is 3. The van der Waals surface area contributed by atoms with E-state index in [4.69, 9.17) is 5.73 Å². The smallest absolute Gasteiger partial charge is 0.151 e. The quantitative estimate of drug-likeness (QED) is 0.913. The molecule has 0 radical (unpaired) electrons. The fourth-order valence-corrected chi connectivity index (χ4v) is 2.74. The van der Waals surface area contributed by atoms with Gasteiger partial charge in [0.25, 0.3) is 0 Å². The second-order valence-electron chi connectivity index (χ2n) is 6.21. The lowest BCUT2D eigenvalue weighted by Gasteiger charge is -2.27. The van der Waals surface area contributed by atoms with Gasteiger partial charge in [-0.05, 0) is 39.2 Å². The van der Waals surface area contributed by atoms with Crippen LogP contribution in [0.5, 0.6) is 0 Å². The maximum Gasteiger partial charge on any atom is 0.151 e. The molecular formula is C17H24N4. The van der Waals surface area contributed by atoms with Gasteiger partial charge < -0.3 is 10.6 Å². The van der Waals surface area contributed by atoms with E-state index in [2.05, 4.69) is 58.9 Å². The van der Waals surface area contributed by atoms with Crippen molar-refractivity contribution in [1.82, 2.24) is 9.78 Å². The molecule has 1 aromatic carbocycles. The third kappa shape index (κ3) is 2.75. The number of hydrogen-bond donors (Lipinski definition) is 1. The van der Waals surface area contributed by atoms with E-state index >= 15 is 0 Å². The molecule has 0 atom stereocenters. The van der Waals surface area contributed by atoms with E-state index in [1.807, 2.05) is 6.92 Å². The van der Waals surface area contributed by atoms with Crippen molar-refractivity contribution < 1.29 is 0 Å². The topological polar surface area (TPSA) is 47.1 Å². The molecule has 112 valence electrons. The molecule has 4 nitrogen and oxygen atoms in total. The molecule has 0 amide bonds. The second-order valence-corrected chi connectivity index (χ2v) is 6.21. The Morgan fingerprint density at radius 3 is 2.52 bits per heavy atom. The van der Waals surface area contributed by atoms with Crippen molar-refractivity contribution in [2.75, 3.05) is 10.6 Å². The summed E-state index contributed by atoms with van der Waals surface area (Å²) in [5, 5.41) is 4.63. The minimum atomic E-state index is 0.313. The van der Waals surface area contributed by atoms with Crippen LogP contribution in [0.25, 0.3) is 0 Å². The van der Waals surface area contributed by atoms with E-state index < -0.39 is 0 Å². The fourth-order valence-electron chi connectivity index (χ4n) is 2.74. The maximum absolute atomic E-state index is 6.34. The molecule has 1 fully saturated rings. The Bertz CT molecular complexity index is 611. The molecule has 1 aliphatic rings. The summed E-state index contributed by atoms with van der Waals surface area (Å²) in [5.41, 5.74) is 9.41. The number of nitrogen functional groups attached to an aromatic ring is 1. The van der Waals surface area contributed by atoms with Crippen molar-refractivity contribution in [3.63, 3.8) is 0 Å². The minimum absolute atomic E-state index is 0.313. The lowest BCUT2D eigenvalue weighted by Crippen LogP contribution is -2.29. The van der Waals surface area contributed by atoms with E-state index in [9.17, 15) is 0 Å². The van der Waals surface area contributed by atoms with Crippen molar-refractivity contribution in [3.05, 3.63) is 41.6 Å². The summed E-state index contributed by atoms with van der Waals surface area (Å²) < 4.78 is 2.08. The number of nitrogens with zero attached hydrogens (tertiary/aromatic N) is 3. The van der Waals surface area contributed by atoms with Crippen LogP contribution in [-0.4, -0.2) is 15.8 Å². The van der Waals surface area contributed by atoms with Crippen LogP contribution in [-0.2, 0) is 6.54 Å². The monoisotopic (exact) mass is 284 g/mol. The van der Waals surface area contributed by atoms with Gasteiger partial charge in [0.2, 0.25) is 0 Å². The molecule has 4 heteroatoms. The van der Waals surface area contributed by atoms with Crippen LogP contribution in [0.3, 0.4) is 0 Å². The first-order valence-corrected chi connectivity index (χ1v) is 7.73. The van der Waals surface area contributed by atoms with E-state index in [-0.39, 0.29) is 0 Å². The predicted octanol–water partition coefficient (Wildman–Crippen LogP) is 3.52. The highest BCUT2D eigenvalue weighted by molar-refractivity contribution is 5.67. The number of aromatic nitrogens is 2. The minimum Gasteiger partial charge on any atom is -0.394 e. The molecule has 1 heterocycles. The van der Waals surface area contributed by atoms with Crippen LogP contribution in [0, 0.1) is 6.92 Å². The summed E-state index contributed by atoms with van der Waals surface area (Å²) in [4.78, 5) is 2.44. The van der Waals surface area contributed by atoms with Crippen molar-refractivity contribution >= 4 is 11.5 Å². The van der Waals surface area contributed by atoms with Gasteiger partial charge in [-0.3, -0.25) is 0 Å². The van der Waals surface area contributed by atoms with E-state index in [0.29, 0.717) is 12.1 Å². The number of anilines is 2. The van der Waals surface area contributed by atoms with Gasteiger partial charge in [0, 0.05) is 18.6 Å². The molecular weight excluding hydrogens is 260 g/mol. The summed E-state index contributed by atoms with van der Waals surface area (Å²) in [6, 6.07) is 11.5. The Morgan fingerprint density at radius 2 is 1.95 bits per heavy atom. The Kier molecular flexibility index (Phi) is 3.62. The second kappa shape index (κ2) is 5.43. The summed E-state index contributed by atoms with van der Waals surface area (Å²) >= 11 is 0. The number of rotatable bonds is 5. The molecule has 0 aliphatic heterocycles. The Morgan fingerprint density at radius 1 is 1.29 bits per heavy atom. The first-order chi connectivity index (χ1) is 10.1. The van der Waals surface area contributed by atoms with Gasteiger partial charge in [-0.15, -0.1) is 0 Å². The van der Waals surface area contributed by atoms with E-state index in [0.717, 1.165) is 23.7 Å². The van der Waals surface area contributed by atoms with Crippen LogP contribution >= 0.6 is 0 Å². The number of benzene rings is 1. The van der Waals surface area contributed by atoms with Crippen molar-refractivity contribution in [2.24, 2.45) is 0 Å². The molecule has 2 N–H and O–H groups in total. The van der Waals surface area contributed by atoms with Gasteiger partial charge in [-0.2, -0.15) is 5.10 Å². The van der Waals surface area contributed by atoms with Crippen LogP contribution in [0.15, 0.2) is 30.3 Å². The Balaban J connectivity index is 1.98. The lowest BCUT2D eigenvalue weighted by molar-refractivity contribution is 0.520. The molecule has 1 aromatic heterocycles. The Labute approximate surface area is 126 Å². The van der Waals surface area contributed by atoms with Gasteiger partial charge >= 0.3 is 0 Å². The Hall–Kier alpha value is -1.97. The van der Waals surface area contributed by atoms with Crippen molar-refractivity contribution in [2.45, 2.75) is 52.2 Å². The van der Waals surface area contributed by atoms with Gasteiger partial charge in [0.1, 0.15) is 0 Å². The highest BCUT2D eigenvalue weighted by Crippen LogP contribution is 2.38. The summed E-state index contributed by atoms with van der Waals surface area (Å²) in [6.45, 7) is 7.20.